The second kappa shape index (κ2) is 5.35. The van der Waals surface area contributed by atoms with Gasteiger partial charge in [-0.25, -0.2) is 8.42 Å². The lowest BCUT2D eigenvalue weighted by Gasteiger charge is -2.00. The molecule has 6 heteroatoms. The topological polar surface area (TPSA) is 62.8 Å². The molecule has 0 aliphatic heterocycles. The smallest absolute Gasteiger partial charge is 0.223 e. The zero-order valence-corrected chi connectivity index (χ0v) is 12.4. The number of H-pyrrole nitrogens is 1. The highest BCUT2D eigenvalue weighted by Gasteiger charge is 2.20. The molecule has 21 heavy (non-hydrogen) atoms. The Labute approximate surface area is 127 Å². The van der Waals surface area contributed by atoms with Crippen molar-refractivity contribution in [3.8, 4) is 11.3 Å². The molecular weight excluding hydrogens is 308 g/mol. The van der Waals surface area contributed by atoms with Gasteiger partial charge in [-0.1, -0.05) is 41.9 Å². The van der Waals surface area contributed by atoms with E-state index in [1.807, 2.05) is 0 Å². The Hall–Kier alpha value is -2.11. The Morgan fingerprint density at radius 2 is 1.62 bits per heavy atom. The summed E-state index contributed by atoms with van der Waals surface area (Å²) in [5.74, 6) is 0. The molecule has 0 radical (unpaired) electrons. The third-order valence-electron chi connectivity index (χ3n) is 3.04. The maximum Gasteiger partial charge on any atom is 0.223 e. The molecule has 3 aromatic rings. The summed E-state index contributed by atoms with van der Waals surface area (Å²) in [5.41, 5.74) is 1.35. The number of nitrogens with zero attached hydrogens (tertiary/aromatic N) is 1. The number of halogens is 1. The van der Waals surface area contributed by atoms with Crippen molar-refractivity contribution in [1.29, 1.82) is 0 Å². The second-order valence-electron chi connectivity index (χ2n) is 4.44. The van der Waals surface area contributed by atoms with Crippen molar-refractivity contribution >= 4 is 21.4 Å². The van der Waals surface area contributed by atoms with E-state index >= 15 is 0 Å². The molecule has 3 rings (SSSR count). The molecule has 0 unspecified atom stereocenters. The Balaban J connectivity index is 2.01. The molecule has 0 saturated heterocycles. The van der Waals surface area contributed by atoms with Crippen molar-refractivity contribution in [3.05, 3.63) is 65.7 Å². The highest BCUT2D eigenvalue weighted by molar-refractivity contribution is 7.91. The number of hydrogen-bond donors (Lipinski definition) is 1. The summed E-state index contributed by atoms with van der Waals surface area (Å²) in [6.45, 7) is 0. The van der Waals surface area contributed by atoms with E-state index in [9.17, 15) is 8.42 Å². The van der Waals surface area contributed by atoms with Crippen molar-refractivity contribution < 1.29 is 8.42 Å². The van der Waals surface area contributed by atoms with Gasteiger partial charge in [-0.3, -0.25) is 5.10 Å². The summed E-state index contributed by atoms with van der Waals surface area (Å²) >= 11 is 5.83. The first kappa shape index (κ1) is 13.9. The molecule has 0 atom stereocenters. The van der Waals surface area contributed by atoms with Crippen LogP contribution in [-0.4, -0.2) is 18.6 Å². The quantitative estimate of drug-likeness (QED) is 0.803. The lowest BCUT2D eigenvalue weighted by atomic mass is 10.2. The number of sulfone groups is 1. The van der Waals surface area contributed by atoms with Crippen LogP contribution < -0.4 is 0 Å². The van der Waals surface area contributed by atoms with Crippen LogP contribution in [-0.2, 0) is 9.84 Å². The number of hydrogen-bond acceptors (Lipinski definition) is 3. The minimum Gasteiger partial charge on any atom is -0.266 e. The number of rotatable bonds is 3. The van der Waals surface area contributed by atoms with Gasteiger partial charge in [0.1, 0.15) is 0 Å². The van der Waals surface area contributed by atoms with E-state index in [1.54, 1.807) is 54.6 Å². The average molecular weight is 319 g/mol. The largest absolute Gasteiger partial charge is 0.266 e. The Morgan fingerprint density at radius 3 is 2.29 bits per heavy atom. The SMILES string of the molecule is O=S(=O)(c1ccccc1)c1cc(-c2ccc(Cl)cc2)n[nH]1. The van der Waals surface area contributed by atoms with E-state index in [1.165, 1.54) is 6.07 Å². The Morgan fingerprint density at radius 1 is 0.952 bits per heavy atom. The molecule has 0 bridgehead atoms. The average Bonchev–Trinajstić information content (AvgIpc) is 2.99. The zero-order chi connectivity index (χ0) is 14.9. The van der Waals surface area contributed by atoms with Crippen molar-refractivity contribution in [2.45, 2.75) is 9.92 Å². The van der Waals surface area contributed by atoms with Gasteiger partial charge in [-0.15, -0.1) is 0 Å². The molecule has 1 heterocycles. The molecule has 0 amide bonds. The van der Waals surface area contributed by atoms with Crippen LogP contribution in [0.25, 0.3) is 11.3 Å². The number of nitrogens with one attached hydrogen (secondary N) is 1. The fourth-order valence-corrected chi connectivity index (χ4v) is 3.26. The van der Waals surface area contributed by atoms with E-state index in [2.05, 4.69) is 10.2 Å². The van der Waals surface area contributed by atoms with Gasteiger partial charge in [0.05, 0.1) is 10.6 Å². The summed E-state index contributed by atoms with van der Waals surface area (Å²) in [5, 5.41) is 7.33. The minimum absolute atomic E-state index is 0.0682. The van der Waals surface area contributed by atoms with Crippen LogP contribution in [0.1, 0.15) is 0 Å². The van der Waals surface area contributed by atoms with E-state index in [0.29, 0.717) is 10.7 Å². The van der Waals surface area contributed by atoms with Crippen molar-refractivity contribution in [1.82, 2.24) is 10.2 Å². The Bertz CT molecular complexity index is 856. The first-order valence-corrected chi connectivity index (χ1v) is 8.05. The van der Waals surface area contributed by atoms with Crippen molar-refractivity contribution in [2.24, 2.45) is 0 Å². The third-order valence-corrected chi connectivity index (χ3v) is 4.97. The molecule has 0 spiro atoms. The molecule has 0 saturated carbocycles. The van der Waals surface area contributed by atoms with E-state index in [-0.39, 0.29) is 9.92 Å². The van der Waals surface area contributed by atoms with Crippen LogP contribution in [0.3, 0.4) is 0 Å². The molecule has 4 nitrogen and oxygen atoms in total. The van der Waals surface area contributed by atoms with Gasteiger partial charge in [0.25, 0.3) is 0 Å². The van der Waals surface area contributed by atoms with Gasteiger partial charge in [-0.2, -0.15) is 5.10 Å². The van der Waals surface area contributed by atoms with E-state index < -0.39 is 9.84 Å². The second-order valence-corrected chi connectivity index (χ2v) is 6.80. The maximum absolute atomic E-state index is 12.4. The van der Waals surface area contributed by atoms with E-state index in [0.717, 1.165) is 5.56 Å². The molecule has 0 fully saturated rings. The zero-order valence-electron chi connectivity index (χ0n) is 10.8. The van der Waals surface area contributed by atoms with Crippen LogP contribution in [0.2, 0.25) is 5.02 Å². The highest BCUT2D eigenvalue weighted by atomic mass is 35.5. The normalized spacial score (nSPS) is 11.5. The van der Waals surface area contributed by atoms with Crippen LogP contribution in [0.15, 0.2) is 70.6 Å². The van der Waals surface area contributed by atoms with Crippen molar-refractivity contribution in [2.75, 3.05) is 0 Å². The fraction of sp³-hybridized carbons (Fsp3) is 0. The number of benzene rings is 2. The molecule has 1 N–H and O–H groups in total. The number of aromatic nitrogens is 2. The predicted octanol–water partition coefficient (Wildman–Crippen LogP) is 3.56. The van der Waals surface area contributed by atoms with Gasteiger partial charge < -0.3 is 0 Å². The lowest BCUT2D eigenvalue weighted by Crippen LogP contribution is -2.01. The summed E-state index contributed by atoms with van der Waals surface area (Å²) in [4.78, 5) is 0.233. The van der Waals surface area contributed by atoms with E-state index in [4.69, 9.17) is 11.6 Å². The maximum atomic E-state index is 12.4. The molecule has 0 aliphatic rings. The van der Waals surface area contributed by atoms with Gasteiger partial charge in [0.15, 0.2) is 5.03 Å². The van der Waals surface area contributed by atoms with Gasteiger partial charge in [0, 0.05) is 16.7 Å². The van der Waals surface area contributed by atoms with Crippen molar-refractivity contribution in [3.63, 3.8) is 0 Å². The minimum atomic E-state index is -3.58. The predicted molar refractivity (Wildman–Crippen MR) is 80.9 cm³/mol. The first-order chi connectivity index (χ1) is 10.1. The van der Waals surface area contributed by atoms with Gasteiger partial charge >= 0.3 is 0 Å². The molecule has 2 aromatic carbocycles. The fourth-order valence-electron chi connectivity index (χ4n) is 1.94. The van der Waals surface area contributed by atoms with Crippen LogP contribution >= 0.6 is 11.6 Å². The standard InChI is InChI=1S/C15H11ClN2O2S/c16-12-8-6-11(7-9-12)14-10-15(18-17-14)21(19,20)13-4-2-1-3-5-13/h1-10H,(H,17,18). The first-order valence-electron chi connectivity index (χ1n) is 6.19. The summed E-state index contributed by atoms with van der Waals surface area (Å²) in [7, 11) is -3.58. The summed E-state index contributed by atoms with van der Waals surface area (Å²) in [6, 6.07) is 16.8. The Kier molecular flexibility index (Phi) is 3.53. The molecule has 0 aliphatic carbocycles. The van der Waals surface area contributed by atoms with Crippen LogP contribution in [0.5, 0.6) is 0 Å². The molecule has 1 aromatic heterocycles. The lowest BCUT2D eigenvalue weighted by molar-refractivity contribution is 0.592. The number of aromatic amines is 1. The molecule has 106 valence electrons. The van der Waals surface area contributed by atoms with Crippen LogP contribution in [0.4, 0.5) is 0 Å². The monoisotopic (exact) mass is 318 g/mol. The van der Waals surface area contributed by atoms with Gasteiger partial charge in [0.2, 0.25) is 9.84 Å². The third kappa shape index (κ3) is 2.70. The summed E-state index contributed by atoms with van der Waals surface area (Å²) < 4.78 is 24.9. The van der Waals surface area contributed by atoms with Crippen LogP contribution in [0, 0.1) is 0 Å². The molecular formula is C15H11ClN2O2S. The highest BCUT2D eigenvalue weighted by Crippen LogP contribution is 2.24. The van der Waals surface area contributed by atoms with Gasteiger partial charge in [-0.05, 0) is 24.3 Å². The summed E-state index contributed by atoms with van der Waals surface area (Å²) in [6.07, 6.45) is 0.